The number of carbonyl (C=O) groups is 1. The van der Waals surface area contributed by atoms with Gasteiger partial charge in [-0.15, -0.1) is 0 Å². The number of benzene rings is 2. The molecule has 0 aliphatic carbocycles. The van der Waals surface area contributed by atoms with Crippen LogP contribution in [0.25, 0.3) is 0 Å². The molecule has 0 unspecified atom stereocenters. The molecule has 0 aromatic heterocycles. The first-order valence-corrected chi connectivity index (χ1v) is 9.97. The van der Waals surface area contributed by atoms with Gasteiger partial charge in [0, 0.05) is 5.56 Å². The topological polar surface area (TPSA) is 164 Å². The molecule has 5 N–H and O–H groups in total. The second-order valence-corrected chi connectivity index (χ2v) is 7.22. The molecule has 1 heterocycles. The summed E-state index contributed by atoms with van der Waals surface area (Å²) in [4.78, 5) is 12.7. The van der Waals surface area contributed by atoms with Crippen molar-refractivity contribution < 1.29 is 54.0 Å². The maximum absolute atomic E-state index is 12.7. The Morgan fingerprint density at radius 3 is 2.24 bits per heavy atom. The van der Waals surface area contributed by atoms with Crippen molar-refractivity contribution in [2.24, 2.45) is 0 Å². The van der Waals surface area contributed by atoms with E-state index in [0.29, 0.717) is 0 Å². The van der Waals surface area contributed by atoms with E-state index in [0.717, 1.165) is 0 Å². The molecule has 5 atom stereocenters. The Balaban J connectivity index is 1.79. The van der Waals surface area contributed by atoms with Crippen molar-refractivity contribution in [2.45, 2.75) is 37.3 Å². The van der Waals surface area contributed by atoms with Gasteiger partial charge in [0.1, 0.15) is 59.6 Å². The number of methoxy groups -OCH3 is 2. The summed E-state index contributed by atoms with van der Waals surface area (Å²) in [5, 5.41) is 49.3. The van der Waals surface area contributed by atoms with Gasteiger partial charge in [0.25, 0.3) is 0 Å². The van der Waals surface area contributed by atoms with E-state index in [1.165, 1.54) is 32.4 Å². The van der Waals surface area contributed by atoms with E-state index in [-0.39, 0.29) is 40.7 Å². The number of aromatic hydroxyl groups is 1. The van der Waals surface area contributed by atoms with Crippen molar-refractivity contribution in [3.05, 3.63) is 47.5 Å². The molecule has 0 saturated carbocycles. The predicted octanol–water partition coefficient (Wildman–Crippen LogP) is -0.0549. The van der Waals surface area contributed by atoms with Crippen LogP contribution in [0.2, 0.25) is 0 Å². The van der Waals surface area contributed by atoms with E-state index >= 15 is 0 Å². The first-order valence-electron chi connectivity index (χ1n) is 9.97. The number of esters is 1. The Kier molecular flexibility index (Phi) is 7.95. The lowest BCUT2D eigenvalue weighted by molar-refractivity contribution is -0.277. The molecule has 0 radical (unpaired) electrons. The minimum absolute atomic E-state index is 0.0666. The molecule has 1 saturated heterocycles. The van der Waals surface area contributed by atoms with Crippen molar-refractivity contribution >= 4 is 5.97 Å². The fourth-order valence-corrected chi connectivity index (χ4v) is 3.35. The van der Waals surface area contributed by atoms with E-state index in [1.807, 2.05) is 0 Å². The van der Waals surface area contributed by atoms with Crippen LogP contribution in [0.4, 0.5) is 0 Å². The normalized spacial score (nSPS) is 24.7. The Bertz CT molecular complexity index is 939. The third-order valence-electron chi connectivity index (χ3n) is 5.13. The fraction of sp³-hybridized carbons (Fsp3) is 0.409. The molecule has 1 fully saturated rings. The minimum Gasteiger partial charge on any atom is -0.508 e. The molecule has 0 amide bonds. The predicted molar refractivity (Wildman–Crippen MR) is 111 cm³/mol. The van der Waals surface area contributed by atoms with Gasteiger partial charge < -0.3 is 49.2 Å². The maximum Gasteiger partial charge on any atom is 0.346 e. The number of hydrogen-bond acceptors (Lipinski definition) is 11. The monoisotopic (exact) mass is 466 g/mol. The second-order valence-electron chi connectivity index (χ2n) is 7.22. The van der Waals surface area contributed by atoms with Crippen molar-refractivity contribution in [3.63, 3.8) is 0 Å². The van der Waals surface area contributed by atoms with Crippen LogP contribution in [-0.4, -0.2) is 83.0 Å². The van der Waals surface area contributed by atoms with Crippen LogP contribution in [0.3, 0.4) is 0 Å². The molecule has 0 spiro atoms. The van der Waals surface area contributed by atoms with Crippen molar-refractivity contribution in [2.75, 3.05) is 20.8 Å². The second kappa shape index (κ2) is 10.7. The lowest BCUT2D eigenvalue weighted by Crippen LogP contribution is -2.60. The maximum atomic E-state index is 12.7. The zero-order chi connectivity index (χ0) is 24.1. The lowest BCUT2D eigenvalue weighted by Gasteiger charge is -2.39. The minimum atomic E-state index is -1.63. The standard InChI is InChI=1S/C22H26O11/c1-29-14-4-3-5-15(30-2)17(14)21(28)31-10-11-8-12(24)6-7-13(11)32-22-20(27)19(26)18(25)16(9-23)33-22/h3-8,16,18-20,22-27H,9-10H2,1-2H3/t16-,18-,19+,20+,22-/m1/s1. The Hall–Kier alpha value is -3.09. The van der Waals surface area contributed by atoms with Crippen molar-refractivity contribution in [3.8, 4) is 23.0 Å². The Morgan fingerprint density at radius 2 is 1.64 bits per heavy atom. The molecular weight excluding hydrogens is 440 g/mol. The summed E-state index contributed by atoms with van der Waals surface area (Å²) in [5.74, 6) is -0.346. The molecule has 11 nitrogen and oxygen atoms in total. The highest BCUT2D eigenvalue weighted by molar-refractivity contribution is 5.95. The number of phenols is 1. The van der Waals surface area contributed by atoms with Crippen LogP contribution in [0.1, 0.15) is 15.9 Å². The third-order valence-corrected chi connectivity index (χ3v) is 5.13. The smallest absolute Gasteiger partial charge is 0.346 e. The quantitative estimate of drug-likeness (QED) is 0.331. The average molecular weight is 466 g/mol. The molecule has 33 heavy (non-hydrogen) atoms. The van der Waals surface area contributed by atoms with Gasteiger partial charge in [0.15, 0.2) is 0 Å². The first-order chi connectivity index (χ1) is 15.8. The lowest BCUT2D eigenvalue weighted by atomic mass is 9.99. The highest BCUT2D eigenvalue weighted by Gasteiger charge is 2.44. The van der Waals surface area contributed by atoms with E-state index in [2.05, 4.69) is 0 Å². The molecule has 180 valence electrons. The van der Waals surface area contributed by atoms with E-state index in [4.69, 9.17) is 23.7 Å². The van der Waals surface area contributed by atoms with E-state index in [9.17, 15) is 30.3 Å². The van der Waals surface area contributed by atoms with Crippen LogP contribution in [-0.2, 0) is 16.1 Å². The van der Waals surface area contributed by atoms with Gasteiger partial charge in [-0.05, 0) is 30.3 Å². The number of rotatable bonds is 8. The van der Waals surface area contributed by atoms with E-state index in [1.54, 1.807) is 18.2 Å². The summed E-state index contributed by atoms with van der Waals surface area (Å²) in [5.41, 5.74) is 0.285. The van der Waals surface area contributed by atoms with Crippen LogP contribution in [0.5, 0.6) is 23.0 Å². The molecule has 2 aromatic carbocycles. The molecule has 1 aliphatic rings. The number of phenolic OH excluding ortho intramolecular Hbond substituents is 1. The van der Waals surface area contributed by atoms with Crippen molar-refractivity contribution in [1.82, 2.24) is 0 Å². The van der Waals surface area contributed by atoms with Gasteiger partial charge in [-0.2, -0.15) is 0 Å². The molecular formula is C22H26O11. The highest BCUT2D eigenvalue weighted by atomic mass is 16.7. The largest absolute Gasteiger partial charge is 0.508 e. The van der Waals surface area contributed by atoms with Gasteiger partial charge in [-0.25, -0.2) is 4.79 Å². The molecule has 0 bridgehead atoms. The first kappa shape index (κ1) is 24.6. The summed E-state index contributed by atoms with van der Waals surface area (Å²) in [6.07, 6.45) is -7.42. The number of carbonyl (C=O) groups excluding carboxylic acids is 1. The molecule has 2 aromatic rings. The van der Waals surface area contributed by atoms with Gasteiger partial charge in [-0.3, -0.25) is 0 Å². The SMILES string of the molecule is COc1cccc(OC)c1C(=O)OCc1cc(O)ccc1O[C@@H]1O[C@H](CO)[C@@H](O)[C@H](O)[C@@H]1O. The van der Waals surface area contributed by atoms with Crippen LogP contribution < -0.4 is 14.2 Å². The van der Waals surface area contributed by atoms with Crippen LogP contribution in [0.15, 0.2) is 36.4 Å². The van der Waals surface area contributed by atoms with Crippen LogP contribution >= 0.6 is 0 Å². The summed E-state index contributed by atoms with van der Waals surface area (Å²) in [7, 11) is 2.79. The van der Waals surface area contributed by atoms with Gasteiger partial charge in [0.05, 0.1) is 20.8 Å². The summed E-state index contributed by atoms with van der Waals surface area (Å²) >= 11 is 0. The van der Waals surface area contributed by atoms with Gasteiger partial charge in [-0.1, -0.05) is 6.07 Å². The number of aliphatic hydroxyl groups is 4. The van der Waals surface area contributed by atoms with Gasteiger partial charge in [0.2, 0.25) is 6.29 Å². The van der Waals surface area contributed by atoms with Gasteiger partial charge >= 0.3 is 5.97 Å². The molecule has 11 heteroatoms. The molecule has 3 rings (SSSR count). The average Bonchev–Trinajstić information content (AvgIpc) is 2.83. The zero-order valence-electron chi connectivity index (χ0n) is 18.0. The Morgan fingerprint density at radius 1 is 0.970 bits per heavy atom. The fourth-order valence-electron chi connectivity index (χ4n) is 3.35. The molecule has 1 aliphatic heterocycles. The third kappa shape index (κ3) is 5.29. The van der Waals surface area contributed by atoms with E-state index < -0.39 is 43.3 Å². The zero-order valence-corrected chi connectivity index (χ0v) is 18.0. The highest BCUT2D eigenvalue weighted by Crippen LogP contribution is 2.32. The Labute approximate surface area is 189 Å². The number of hydrogen-bond donors (Lipinski definition) is 5. The number of aliphatic hydroxyl groups excluding tert-OH is 4. The summed E-state index contributed by atoms with van der Waals surface area (Å²) < 4.78 is 26.7. The summed E-state index contributed by atoms with van der Waals surface area (Å²) in [6.45, 7) is -0.965. The van der Waals surface area contributed by atoms with Crippen molar-refractivity contribution in [1.29, 1.82) is 0 Å². The number of ether oxygens (including phenoxy) is 5. The summed E-state index contributed by atoms with van der Waals surface area (Å²) in [6, 6.07) is 8.72. The van der Waals surface area contributed by atoms with Crippen LogP contribution in [0, 0.1) is 0 Å².